The summed E-state index contributed by atoms with van der Waals surface area (Å²) in [6, 6.07) is 0.473. The first-order valence-corrected chi connectivity index (χ1v) is 10.9. The number of nitrogens with zero attached hydrogens (tertiary/aromatic N) is 1. The second-order valence-electron chi connectivity index (χ2n) is 7.94. The maximum atomic E-state index is 5.93. The molecule has 0 saturated heterocycles. The van der Waals surface area contributed by atoms with Gasteiger partial charge in [0.05, 0.1) is 0 Å². The molecule has 4 N–H and O–H groups in total. The van der Waals surface area contributed by atoms with Gasteiger partial charge in [-0.15, -0.1) is 0 Å². The number of unbranched alkanes of at least 4 members (excludes halogenated alkanes) is 10. The van der Waals surface area contributed by atoms with Crippen LogP contribution in [0.3, 0.4) is 0 Å². The molecule has 3 heteroatoms. The minimum absolute atomic E-state index is 0.236. The van der Waals surface area contributed by atoms with E-state index in [9.17, 15) is 0 Å². The largest absolute Gasteiger partial charge is 0.327 e. The van der Waals surface area contributed by atoms with Gasteiger partial charge in [0.15, 0.2) is 0 Å². The van der Waals surface area contributed by atoms with Crippen molar-refractivity contribution in [3.8, 4) is 0 Å². The van der Waals surface area contributed by atoms with Gasteiger partial charge in [-0.05, 0) is 46.1 Å². The summed E-state index contributed by atoms with van der Waals surface area (Å²) in [6.07, 6.45) is 20.9. The lowest BCUT2D eigenvalue weighted by atomic mass is 10.1. The van der Waals surface area contributed by atoms with Crippen molar-refractivity contribution in [2.75, 3.05) is 19.6 Å². The molecule has 2 atom stereocenters. The first-order chi connectivity index (χ1) is 12.1. The minimum atomic E-state index is 0.236. The van der Waals surface area contributed by atoms with E-state index in [-0.39, 0.29) is 12.1 Å². The molecule has 0 rings (SSSR count). The van der Waals surface area contributed by atoms with Crippen LogP contribution < -0.4 is 11.5 Å². The van der Waals surface area contributed by atoms with Crippen LogP contribution in [0.1, 0.15) is 97.8 Å². The average molecular weight is 354 g/mol. The van der Waals surface area contributed by atoms with E-state index in [0.717, 1.165) is 19.6 Å². The van der Waals surface area contributed by atoms with E-state index in [0.29, 0.717) is 0 Å². The molecule has 0 radical (unpaired) electrons. The predicted octanol–water partition coefficient (Wildman–Crippen LogP) is 5.24. The standard InChI is InChI=1S/C22H47N3/c1-4-5-6-7-8-9-10-11-12-13-14-15-16-17-18-25(19-21(2)23)20-22(3)24/h7-8,21-22H,4-6,9-20,23-24H2,1-3H3/b8-7+. The molecular weight excluding hydrogens is 306 g/mol. The van der Waals surface area contributed by atoms with Crippen LogP contribution in [-0.2, 0) is 0 Å². The zero-order chi connectivity index (χ0) is 18.8. The molecule has 0 amide bonds. The Morgan fingerprint density at radius 2 is 1.12 bits per heavy atom. The Morgan fingerprint density at radius 3 is 1.60 bits per heavy atom. The normalized spacial score (nSPS) is 14.5. The van der Waals surface area contributed by atoms with Crippen LogP contribution >= 0.6 is 0 Å². The van der Waals surface area contributed by atoms with Crippen molar-refractivity contribution in [1.82, 2.24) is 4.90 Å². The van der Waals surface area contributed by atoms with Crippen LogP contribution in [0, 0.1) is 0 Å². The first kappa shape index (κ1) is 24.6. The number of hydrogen-bond acceptors (Lipinski definition) is 3. The topological polar surface area (TPSA) is 55.3 Å². The Bertz CT molecular complexity index is 277. The van der Waals surface area contributed by atoms with Crippen LogP contribution in [0.15, 0.2) is 12.2 Å². The highest BCUT2D eigenvalue weighted by Crippen LogP contribution is 2.11. The molecule has 0 aromatic heterocycles. The highest BCUT2D eigenvalue weighted by atomic mass is 15.1. The lowest BCUT2D eigenvalue weighted by Gasteiger charge is -2.25. The van der Waals surface area contributed by atoms with Crippen molar-refractivity contribution in [3.05, 3.63) is 12.2 Å². The van der Waals surface area contributed by atoms with Gasteiger partial charge in [0.25, 0.3) is 0 Å². The van der Waals surface area contributed by atoms with Crippen molar-refractivity contribution in [3.63, 3.8) is 0 Å². The van der Waals surface area contributed by atoms with Gasteiger partial charge in [0.2, 0.25) is 0 Å². The summed E-state index contributed by atoms with van der Waals surface area (Å²) in [5.41, 5.74) is 11.9. The van der Waals surface area contributed by atoms with Gasteiger partial charge in [-0.1, -0.05) is 70.4 Å². The van der Waals surface area contributed by atoms with Gasteiger partial charge in [0.1, 0.15) is 0 Å². The molecule has 0 bridgehead atoms. The molecule has 0 aliphatic rings. The van der Waals surface area contributed by atoms with Crippen molar-refractivity contribution in [2.24, 2.45) is 11.5 Å². The van der Waals surface area contributed by atoms with Crippen LogP contribution in [0.5, 0.6) is 0 Å². The maximum absolute atomic E-state index is 5.93. The van der Waals surface area contributed by atoms with E-state index in [2.05, 4.69) is 37.8 Å². The highest BCUT2D eigenvalue weighted by Gasteiger charge is 2.09. The number of allylic oxidation sites excluding steroid dienone is 2. The summed E-state index contributed by atoms with van der Waals surface area (Å²) in [7, 11) is 0. The van der Waals surface area contributed by atoms with Crippen molar-refractivity contribution in [2.45, 2.75) is 110 Å². The lowest BCUT2D eigenvalue weighted by molar-refractivity contribution is 0.244. The van der Waals surface area contributed by atoms with E-state index in [4.69, 9.17) is 11.5 Å². The SMILES string of the molecule is CCCC/C=C/CCCCCCCCCCN(CC(C)N)CC(C)N. The van der Waals surface area contributed by atoms with E-state index in [1.807, 2.05) is 0 Å². The van der Waals surface area contributed by atoms with Gasteiger partial charge < -0.3 is 16.4 Å². The summed E-state index contributed by atoms with van der Waals surface area (Å²) in [4.78, 5) is 2.43. The smallest absolute Gasteiger partial charge is 0.0139 e. The Morgan fingerprint density at radius 1 is 0.680 bits per heavy atom. The van der Waals surface area contributed by atoms with Crippen LogP contribution in [0.25, 0.3) is 0 Å². The number of nitrogens with two attached hydrogens (primary N) is 2. The fourth-order valence-corrected chi connectivity index (χ4v) is 3.29. The molecule has 0 aliphatic heterocycles. The summed E-state index contributed by atoms with van der Waals surface area (Å²) < 4.78 is 0. The van der Waals surface area contributed by atoms with Crippen molar-refractivity contribution >= 4 is 0 Å². The van der Waals surface area contributed by atoms with Crippen LogP contribution in [0.4, 0.5) is 0 Å². The number of rotatable bonds is 18. The van der Waals surface area contributed by atoms with Crippen LogP contribution in [0.2, 0.25) is 0 Å². The zero-order valence-corrected chi connectivity index (χ0v) is 17.5. The van der Waals surface area contributed by atoms with E-state index < -0.39 is 0 Å². The summed E-state index contributed by atoms with van der Waals surface area (Å²) in [5, 5.41) is 0. The molecule has 0 aromatic carbocycles. The van der Waals surface area contributed by atoms with Gasteiger partial charge in [-0.3, -0.25) is 0 Å². The molecule has 0 heterocycles. The summed E-state index contributed by atoms with van der Waals surface area (Å²) in [5.74, 6) is 0. The zero-order valence-electron chi connectivity index (χ0n) is 17.5. The van der Waals surface area contributed by atoms with Gasteiger partial charge in [0, 0.05) is 25.2 Å². The molecule has 3 nitrogen and oxygen atoms in total. The van der Waals surface area contributed by atoms with E-state index in [1.54, 1.807) is 0 Å². The highest BCUT2D eigenvalue weighted by molar-refractivity contribution is 4.81. The molecule has 0 spiro atoms. The number of hydrogen-bond donors (Lipinski definition) is 2. The third-order valence-electron chi connectivity index (χ3n) is 4.58. The Balaban J connectivity index is 3.40. The molecule has 0 aromatic rings. The van der Waals surface area contributed by atoms with Crippen molar-refractivity contribution < 1.29 is 0 Å². The average Bonchev–Trinajstić information content (AvgIpc) is 2.54. The van der Waals surface area contributed by atoms with Crippen molar-refractivity contribution in [1.29, 1.82) is 0 Å². The Hall–Kier alpha value is -0.380. The predicted molar refractivity (Wildman–Crippen MR) is 114 cm³/mol. The monoisotopic (exact) mass is 353 g/mol. The van der Waals surface area contributed by atoms with Gasteiger partial charge in [-0.25, -0.2) is 0 Å². The quantitative estimate of drug-likeness (QED) is 0.262. The van der Waals surface area contributed by atoms with E-state index in [1.165, 1.54) is 77.0 Å². The fraction of sp³-hybridized carbons (Fsp3) is 0.909. The molecule has 25 heavy (non-hydrogen) atoms. The third kappa shape index (κ3) is 19.8. The summed E-state index contributed by atoms with van der Waals surface area (Å²) >= 11 is 0. The maximum Gasteiger partial charge on any atom is 0.0139 e. The molecule has 0 saturated carbocycles. The lowest BCUT2D eigenvalue weighted by Crippen LogP contribution is -2.42. The first-order valence-electron chi connectivity index (χ1n) is 10.9. The molecule has 2 unspecified atom stereocenters. The minimum Gasteiger partial charge on any atom is -0.327 e. The summed E-state index contributed by atoms with van der Waals surface area (Å²) in [6.45, 7) is 9.49. The fourth-order valence-electron chi connectivity index (χ4n) is 3.29. The second kappa shape index (κ2) is 18.4. The molecule has 150 valence electrons. The van der Waals surface area contributed by atoms with Gasteiger partial charge >= 0.3 is 0 Å². The molecule has 0 aliphatic carbocycles. The molecule has 0 fully saturated rings. The van der Waals surface area contributed by atoms with Gasteiger partial charge in [-0.2, -0.15) is 0 Å². The molecular formula is C22H47N3. The second-order valence-corrected chi connectivity index (χ2v) is 7.94. The van der Waals surface area contributed by atoms with E-state index >= 15 is 0 Å². The Kier molecular flexibility index (Phi) is 18.1. The Labute approximate surface area is 158 Å². The third-order valence-corrected chi connectivity index (χ3v) is 4.58. The van der Waals surface area contributed by atoms with Crippen LogP contribution in [-0.4, -0.2) is 36.6 Å².